The van der Waals surface area contributed by atoms with Crippen LogP contribution in [0.4, 0.5) is 0 Å². The average molecular weight is 230 g/mol. The Kier molecular flexibility index (Phi) is 3.01. The number of aromatic nitrogens is 2. The quantitative estimate of drug-likeness (QED) is 0.790. The third kappa shape index (κ3) is 3.16. The Morgan fingerprint density at radius 1 is 1.06 bits per heavy atom. The molecular weight excluding hydrogens is 212 g/mol. The molecule has 17 heavy (non-hydrogen) atoms. The van der Waals surface area contributed by atoms with Crippen LogP contribution in [0.3, 0.4) is 0 Å². The minimum Gasteiger partial charge on any atom is -0.421 e. The van der Waals surface area contributed by atoms with Crippen molar-refractivity contribution in [2.75, 3.05) is 0 Å². The molecule has 1 aromatic heterocycles. The summed E-state index contributed by atoms with van der Waals surface area (Å²) in [7, 11) is 0. The molecule has 0 spiro atoms. The maximum absolute atomic E-state index is 5.39. The second kappa shape index (κ2) is 4.32. The lowest BCUT2D eigenvalue weighted by Gasteiger charge is -2.17. The van der Waals surface area contributed by atoms with Crippen LogP contribution in [0.25, 0.3) is 11.5 Å². The van der Waals surface area contributed by atoms with Gasteiger partial charge < -0.3 is 4.42 Å². The van der Waals surface area contributed by atoms with Crippen LogP contribution in [0, 0.1) is 12.3 Å². The Hall–Kier alpha value is -1.64. The molecule has 0 fully saturated rings. The Bertz CT molecular complexity index is 492. The zero-order valence-electron chi connectivity index (χ0n) is 10.8. The van der Waals surface area contributed by atoms with Gasteiger partial charge in [-0.05, 0) is 29.5 Å². The molecular formula is C14H18N2O. The summed E-state index contributed by atoms with van der Waals surface area (Å²) in [4.78, 5) is 0. The lowest BCUT2D eigenvalue weighted by molar-refractivity contribution is 0.411. The molecule has 3 heteroatoms. The highest BCUT2D eigenvalue weighted by molar-refractivity contribution is 5.52. The van der Waals surface area contributed by atoms with Gasteiger partial charge in [-0.3, -0.25) is 0 Å². The van der Waals surface area contributed by atoms with E-state index in [-0.39, 0.29) is 0 Å². The molecule has 0 unspecified atom stereocenters. The van der Waals surface area contributed by atoms with E-state index in [1.807, 2.05) is 12.1 Å². The van der Waals surface area contributed by atoms with Crippen LogP contribution in [-0.4, -0.2) is 10.2 Å². The summed E-state index contributed by atoms with van der Waals surface area (Å²) in [6.07, 6.45) is 1.07. The second-order valence-corrected chi connectivity index (χ2v) is 5.56. The molecule has 0 aliphatic rings. The fourth-order valence-corrected chi connectivity index (χ4v) is 1.79. The summed E-state index contributed by atoms with van der Waals surface area (Å²) in [6, 6.07) is 8.32. The molecule has 0 saturated heterocycles. The minimum atomic E-state index is 0.308. The molecule has 2 rings (SSSR count). The van der Waals surface area contributed by atoms with Crippen molar-refractivity contribution in [2.45, 2.75) is 34.1 Å². The van der Waals surface area contributed by atoms with E-state index < -0.39 is 0 Å². The van der Waals surface area contributed by atoms with Gasteiger partial charge in [0.2, 0.25) is 11.8 Å². The first-order valence-corrected chi connectivity index (χ1v) is 5.83. The van der Waals surface area contributed by atoms with Crippen molar-refractivity contribution in [3.63, 3.8) is 0 Å². The van der Waals surface area contributed by atoms with Crippen LogP contribution < -0.4 is 0 Å². The van der Waals surface area contributed by atoms with Gasteiger partial charge in [-0.2, -0.15) is 0 Å². The summed E-state index contributed by atoms with van der Waals surface area (Å²) in [5.74, 6) is 1.18. The third-order valence-electron chi connectivity index (χ3n) is 2.46. The van der Waals surface area contributed by atoms with Crippen molar-refractivity contribution in [2.24, 2.45) is 5.41 Å². The van der Waals surface area contributed by atoms with E-state index in [1.165, 1.54) is 5.56 Å². The predicted octanol–water partition coefficient (Wildman–Crippen LogP) is 3.63. The van der Waals surface area contributed by atoms with E-state index in [0.29, 0.717) is 17.2 Å². The number of hydrogen-bond acceptors (Lipinski definition) is 3. The van der Waals surface area contributed by atoms with Gasteiger partial charge in [0, 0.05) is 12.5 Å². The van der Waals surface area contributed by atoms with Crippen molar-refractivity contribution in [3.8, 4) is 11.5 Å². The van der Waals surface area contributed by atoms with Gasteiger partial charge in [0.25, 0.3) is 0 Å². The van der Waals surface area contributed by atoms with Gasteiger partial charge in [-0.15, -0.1) is 10.2 Å². The second-order valence-electron chi connectivity index (χ2n) is 5.56. The Morgan fingerprint density at radius 2 is 1.71 bits per heavy atom. The lowest BCUT2D eigenvalue weighted by Crippen LogP contribution is -2.08. The fraction of sp³-hybridized carbons (Fsp3) is 0.429. The van der Waals surface area contributed by atoms with E-state index >= 15 is 0 Å². The van der Waals surface area contributed by atoms with Crippen LogP contribution in [-0.2, 0) is 6.42 Å². The molecule has 0 N–H and O–H groups in total. The van der Waals surface area contributed by atoms with Gasteiger partial charge in [0.1, 0.15) is 0 Å². The van der Waals surface area contributed by atoms with Gasteiger partial charge >= 0.3 is 0 Å². The third-order valence-corrected chi connectivity index (χ3v) is 2.46. The first kappa shape index (κ1) is 11.8. The smallest absolute Gasteiger partial charge is 0.247 e. The van der Waals surface area contributed by atoms with Crippen LogP contribution in [0.1, 0.15) is 32.2 Å². The van der Waals surface area contributed by atoms with Crippen LogP contribution in [0.2, 0.25) is 0 Å². The average Bonchev–Trinajstić information content (AvgIpc) is 2.63. The number of rotatable bonds is 2. The Labute approximate surface area is 102 Å². The molecule has 90 valence electrons. The molecule has 0 aliphatic carbocycles. The van der Waals surface area contributed by atoms with Gasteiger partial charge in [-0.1, -0.05) is 32.9 Å². The van der Waals surface area contributed by atoms with Gasteiger partial charge in [0.05, 0.1) is 0 Å². The topological polar surface area (TPSA) is 38.9 Å². The highest BCUT2D eigenvalue weighted by Gasteiger charge is 2.12. The zero-order chi connectivity index (χ0) is 12.5. The first-order valence-electron chi connectivity index (χ1n) is 5.83. The highest BCUT2D eigenvalue weighted by atomic mass is 16.4. The standard InChI is InChI=1S/C14H18N2O/c1-10-15-16-13(17-10)12-7-5-11(6-8-12)9-14(2,3)4/h5-8H,9H2,1-4H3. The van der Waals surface area contributed by atoms with E-state index in [1.54, 1.807) is 6.92 Å². The van der Waals surface area contributed by atoms with E-state index in [9.17, 15) is 0 Å². The molecule has 0 atom stereocenters. The number of aryl methyl sites for hydroxylation is 1. The van der Waals surface area contributed by atoms with Crippen molar-refractivity contribution in [1.29, 1.82) is 0 Å². The summed E-state index contributed by atoms with van der Waals surface area (Å²) in [5.41, 5.74) is 2.61. The van der Waals surface area contributed by atoms with Gasteiger partial charge in [0.15, 0.2) is 0 Å². The molecule has 1 heterocycles. The fourth-order valence-electron chi connectivity index (χ4n) is 1.79. The maximum Gasteiger partial charge on any atom is 0.247 e. The summed E-state index contributed by atoms with van der Waals surface area (Å²) >= 11 is 0. The van der Waals surface area contributed by atoms with E-state index in [4.69, 9.17) is 4.42 Å². The van der Waals surface area contributed by atoms with E-state index in [0.717, 1.165) is 12.0 Å². The van der Waals surface area contributed by atoms with Crippen molar-refractivity contribution in [3.05, 3.63) is 35.7 Å². The van der Waals surface area contributed by atoms with Crippen molar-refractivity contribution >= 4 is 0 Å². The number of hydrogen-bond donors (Lipinski definition) is 0. The molecule has 3 nitrogen and oxygen atoms in total. The lowest BCUT2D eigenvalue weighted by atomic mass is 9.88. The Balaban J connectivity index is 2.19. The molecule has 0 amide bonds. The molecule has 0 bridgehead atoms. The molecule has 0 saturated carbocycles. The predicted molar refractivity (Wildman–Crippen MR) is 67.6 cm³/mol. The van der Waals surface area contributed by atoms with Crippen molar-refractivity contribution in [1.82, 2.24) is 10.2 Å². The largest absolute Gasteiger partial charge is 0.421 e. The monoisotopic (exact) mass is 230 g/mol. The zero-order valence-corrected chi connectivity index (χ0v) is 10.8. The number of nitrogens with zero attached hydrogens (tertiary/aromatic N) is 2. The Morgan fingerprint density at radius 3 is 2.18 bits per heavy atom. The highest BCUT2D eigenvalue weighted by Crippen LogP contribution is 2.23. The summed E-state index contributed by atoms with van der Waals surface area (Å²) in [6.45, 7) is 8.51. The molecule has 2 aromatic rings. The molecule has 0 aliphatic heterocycles. The van der Waals surface area contributed by atoms with Crippen LogP contribution >= 0.6 is 0 Å². The summed E-state index contributed by atoms with van der Waals surface area (Å²) in [5, 5.41) is 7.83. The SMILES string of the molecule is Cc1nnc(-c2ccc(CC(C)(C)C)cc2)o1. The van der Waals surface area contributed by atoms with Crippen LogP contribution in [0.15, 0.2) is 28.7 Å². The minimum absolute atomic E-state index is 0.308. The first-order chi connectivity index (χ1) is 7.94. The molecule has 1 aromatic carbocycles. The normalized spacial score (nSPS) is 11.8. The van der Waals surface area contributed by atoms with Gasteiger partial charge in [-0.25, -0.2) is 0 Å². The maximum atomic E-state index is 5.39. The van der Waals surface area contributed by atoms with Crippen molar-refractivity contribution < 1.29 is 4.42 Å². The molecule has 0 radical (unpaired) electrons. The van der Waals surface area contributed by atoms with E-state index in [2.05, 4.69) is 43.1 Å². The number of benzene rings is 1. The summed E-state index contributed by atoms with van der Waals surface area (Å²) < 4.78 is 5.39. The van der Waals surface area contributed by atoms with Crippen LogP contribution in [0.5, 0.6) is 0 Å².